The number of nitrogens with two attached hydrogens (primary N) is 1. The van der Waals surface area contributed by atoms with Crippen LogP contribution < -0.4 is 10.5 Å². The lowest BCUT2D eigenvalue weighted by Crippen LogP contribution is -2.43. The van der Waals surface area contributed by atoms with E-state index in [1.54, 1.807) is 23.5 Å². The minimum atomic E-state index is -4.47. The third-order valence-corrected chi connectivity index (χ3v) is 6.23. The molecule has 4 aromatic rings. The van der Waals surface area contributed by atoms with Gasteiger partial charge in [0.1, 0.15) is 23.0 Å². The minimum Gasteiger partial charge on any atom is -0.489 e. The average molecular weight is 485 g/mol. The van der Waals surface area contributed by atoms with Crippen LogP contribution in [0.2, 0.25) is 0 Å². The predicted octanol–water partition coefficient (Wildman–Crippen LogP) is 4.76. The third kappa shape index (κ3) is 4.55. The maximum absolute atomic E-state index is 14.2. The number of ether oxygens (including phenoxy) is 1. The van der Waals surface area contributed by atoms with Crippen molar-refractivity contribution in [2.75, 3.05) is 13.1 Å². The molecule has 0 radical (unpaired) electrons. The fourth-order valence-electron chi connectivity index (χ4n) is 4.69. The molecule has 5 rings (SSSR count). The van der Waals surface area contributed by atoms with E-state index >= 15 is 0 Å². The van der Waals surface area contributed by atoms with Gasteiger partial charge in [0.15, 0.2) is 11.5 Å². The van der Waals surface area contributed by atoms with Crippen LogP contribution in [0, 0.1) is 0 Å². The summed E-state index contributed by atoms with van der Waals surface area (Å²) >= 11 is 0. The Morgan fingerprint density at radius 3 is 2.57 bits per heavy atom. The Balaban J connectivity index is 1.60. The highest BCUT2D eigenvalue weighted by Gasteiger charge is 2.48. The second-order valence-electron chi connectivity index (χ2n) is 9.72. The van der Waals surface area contributed by atoms with Crippen LogP contribution in [0.4, 0.5) is 13.2 Å². The molecule has 35 heavy (non-hydrogen) atoms. The molecule has 2 atom stereocenters. The number of likely N-dealkylation sites (tertiary alicyclic amines) is 1. The first-order valence-corrected chi connectivity index (χ1v) is 11.5. The highest BCUT2D eigenvalue weighted by atomic mass is 19.4. The van der Waals surface area contributed by atoms with Crippen molar-refractivity contribution < 1.29 is 17.9 Å². The Labute approximate surface area is 200 Å². The number of hydrogen-bond donors (Lipinski definition) is 1. The van der Waals surface area contributed by atoms with Crippen LogP contribution in [-0.4, -0.2) is 55.4 Å². The van der Waals surface area contributed by atoms with Crippen molar-refractivity contribution in [2.45, 2.75) is 51.1 Å². The van der Waals surface area contributed by atoms with Crippen LogP contribution in [0.3, 0.4) is 0 Å². The number of alkyl halides is 3. The van der Waals surface area contributed by atoms with Crippen molar-refractivity contribution in [3.8, 4) is 17.3 Å². The fourth-order valence-corrected chi connectivity index (χ4v) is 4.69. The molecule has 0 unspecified atom stereocenters. The molecule has 1 saturated heterocycles. The van der Waals surface area contributed by atoms with Gasteiger partial charge in [-0.2, -0.15) is 13.2 Å². The maximum Gasteiger partial charge on any atom is 0.408 e. The number of nitrogens with zero attached hydrogens (tertiary/aromatic N) is 5. The van der Waals surface area contributed by atoms with Crippen LogP contribution in [0.1, 0.15) is 38.8 Å². The zero-order valence-electron chi connectivity index (χ0n) is 19.8. The molecule has 3 aromatic heterocycles. The van der Waals surface area contributed by atoms with Crippen molar-refractivity contribution in [1.82, 2.24) is 24.5 Å². The van der Waals surface area contributed by atoms with Crippen LogP contribution in [-0.2, 0) is 0 Å². The molecule has 0 amide bonds. The van der Waals surface area contributed by atoms with E-state index in [9.17, 15) is 13.2 Å². The molecule has 0 saturated carbocycles. The van der Waals surface area contributed by atoms with E-state index in [-0.39, 0.29) is 24.8 Å². The Morgan fingerprint density at radius 1 is 1.09 bits per heavy atom. The summed E-state index contributed by atoms with van der Waals surface area (Å²) in [4.78, 5) is 6.14. The maximum atomic E-state index is 14.2. The van der Waals surface area contributed by atoms with Gasteiger partial charge in [-0.3, -0.25) is 9.30 Å². The molecule has 1 fully saturated rings. The summed E-state index contributed by atoms with van der Waals surface area (Å²) in [6.45, 7) is 6.08. The number of aromatic nitrogens is 4. The predicted molar refractivity (Wildman–Crippen MR) is 127 cm³/mol. The number of para-hydroxylation sites is 1. The van der Waals surface area contributed by atoms with Gasteiger partial charge < -0.3 is 10.5 Å². The Hall–Kier alpha value is -3.24. The van der Waals surface area contributed by atoms with E-state index in [0.717, 1.165) is 5.39 Å². The topological polar surface area (TPSA) is 81.6 Å². The van der Waals surface area contributed by atoms with Gasteiger partial charge in [-0.05, 0) is 51.0 Å². The molecular formula is C25H27F3N6O. The fraction of sp³-hybridized carbons (Fsp3) is 0.400. The van der Waals surface area contributed by atoms with Gasteiger partial charge in [0.25, 0.3) is 0 Å². The first-order chi connectivity index (χ1) is 16.5. The van der Waals surface area contributed by atoms with Gasteiger partial charge in [-0.25, -0.2) is 4.98 Å². The molecule has 7 nitrogen and oxygen atoms in total. The second kappa shape index (κ2) is 8.46. The van der Waals surface area contributed by atoms with Crippen LogP contribution >= 0.6 is 0 Å². The smallest absolute Gasteiger partial charge is 0.408 e. The highest BCUT2D eigenvalue weighted by Crippen LogP contribution is 2.41. The van der Waals surface area contributed by atoms with Gasteiger partial charge in [-0.15, -0.1) is 10.2 Å². The summed E-state index contributed by atoms with van der Waals surface area (Å²) in [5.41, 5.74) is 7.16. The Bertz CT molecular complexity index is 1380. The average Bonchev–Trinajstić information content (AvgIpc) is 3.35. The zero-order valence-corrected chi connectivity index (χ0v) is 19.8. The number of hydrogen-bond acceptors (Lipinski definition) is 6. The van der Waals surface area contributed by atoms with Crippen LogP contribution in [0.15, 0.2) is 48.7 Å². The van der Waals surface area contributed by atoms with E-state index in [1.165, 1.54) is 17.2 Å². The second-order valence-corrected chi connectivity index (χ2v) is 9.72. The van der Waals surface area contributed by atoms with E-state index < -0.39 is 17.8 Å². The monoisotopic (exact) mass is 484 g/mol. The van der Waals surface area contributed by atoms with E-state index in [4.69, 9.17) is 15.5 Å². The molecule has 1 aliphatic rings. The van der Waals surface area contributed by atoms with Gasteiger partial charge in [-0.1, -0.05) is 24.3 Å². The number of halogens is 3. The summed E-state index contributed by atoms with van der Waals surface area (Å²) in [5.74, 6) is 0.985. The molecule has 0 bridgehead atoms. The van der Waals surface area contributed by atoms with E-state index in [1.807, 2.05) is 38.1 Å². The van der Waals surface area contributed by atoms with Gasteiger partial charge in [0.05, 0.1) is 6.10 Å². The molecule has 1 aliphatic heterocycles. The first-order valence-electron chi connectivity index (χ1n) is 11.5. The number of fused-ring (bicyclic) bond motifs is 2. The Morgan fingerprint density at radius 2 is 1.89 bits per heavy atom. The molecule has 0 aliphatic carbocycles. The Kier molecular flexibility index (Phi) is 5.68. The SMILES string of the molecule is CC(C)Oc1cccc2ccc(-c3nnc4ccc([C@H](N5CC[C@](C)(N)C5)C(F)(F)F)cn34)nc12. The van der Waals surface area contributed by atoms with Gasteiger partial charge in [0.2, 0.25) is 0 Å². The van der Waals surface area contributed by atoms with Crippen molar-refractivity contribution in [3.63, 3.8) is 0 Å². The van der Waals surface area contributed by atoms with Crippen LogP contribution in [0.5, 0.6) is 5.75 Å². The van der Waals surface area contributed by atoms with E-state index in [2.05, 4.69) is 10.2 Å². The summed E-state index contributed by atoms with van der Waals surface area (Å²) in [6.07, 6.45) is -2.55. The van der Waals surface area contributed by atoms with Crippen molar-refractivity contribution in [3.05, 3.63) is 54.2 Å². The normalized spacial score (nSPS) is 20.2. The summed E-state index contributed by atoms with van der Waals surface area (Å²) in [5, 5.41) is 9.28. The standard InChI is InChI=1S/C25H27F3N6O/c1-15(2)35-19-6-4-5-16-7-9-18(30-21(16)19)23-32-31-20-10-8-17(13-34(20)23)22(25(26,27)28)33-12-11-24(3,29)14-33/h4-10,13,15,22H,11-12,14,29H2,1-3H3/t22-,24-/m0/s1. The molecule has 184 valence electrons. The third-order valence-electron chi connectivity index (χ3n) is 6.23. The van der Waals surface area contributed by atoms with Crippen molar-refractivity contribution >= 4 is 16.6 Å². The zero-order chi connectivity index (χ0) is 25.0. The lowest BCUT2D eigenvalue weighted by molar-refractivity contribution is -0.184. The van der Waals surface area contributed by atoms with E-state index in [0.29, 0.717) is 34.9 Å². The summed E-state index contributed by atoms with van der Waals surface area (Å²) in [6, 6.07) is 10.6. The van der Waals surface area contributed by atoms with Gasteiger partial charge in [0, 0.05) is 30.2 Å². The highest BCUT2D eigenvalue weighted by molar-refractivity contribution is 5.86. The number of benzene rings is 1. The summed E-state index contributed by atoms with van der Waals surface area (Å²) in [7, 11) is 0. The molecule has 2 N–H and O–H groups in total. The molecule has 1 aromatic carbocycles. The molecule has 4 heterocycles. The molecule has 0 spiro atoms. The quantitative estimate of drug-likeness (QED) is 0.440. The van der Waals surface area contributed by atoms with Gasteiger partial charge >= 0.3 is 6.18 Å². The first kappa shape index (κ1) is 23.5. The number of pyridine rings is 2. The van der Waals surface area contributed by atoms with Crippen molar-refractivity contribution in [1.29, 1.82) is 0 Å². The van der Waals surface area contributed by atoms with Crippen LogP contribution in [0.25, 0.3) is 28.1 Å². The largest absolute Gasteiger partial charge is 0.489 e. The lowest BCUT2D eigenvalue weighted by atomic mass is 10.0. The number of rotatable bonds is 5. The molecular weight excluding hydrogens is 457 g/mol. The van der Waals surface area contributed by atoms with Crippen molar-refractivity contribution in [2.24, 2.45) is 5.73 Å². The minimum absolute atomic E-state index is 0.0391. The summed E-state index contributed by atoms with van der Waals surface area (Å²) < 4.78 is 50.2. The lowest BCUT2D eigenvalue weighted by Gasteiger charge is -2.31. The molecule has 10 heteroatoms.